The number of piperidine rings is 1. The molecule has 3 heterocycles. The van der Waals surface area contributed by atoms with Gasteiger partial charge in [-0.15, -0.1) is 0 Å². The summed E-state index contributed by atoms with van der Waals surface area (Å²) in [6.45, 7) is 0.951. The minimum atomic E-state index is -0.638. The number of halogens is 2. The molecule has 2 aromatic rings. The third-order valence-electron chi connectivity index (χ3n) is 4.85. The van der Waals surface area contributed by atoms with Gasteiger partial charge in [0, 0.05) is 43.3 Å². The Morgan fingerprint density at radius 2 is 1.96 bits per heavy atom. The molecule has 0 unspecified atom stereocenters. The highest BCUT2D eigenvalue weighted by molar-refractivity contribution is 6.36. The van der Waals surface area contributed by atoms with E-state index in [-0.39, 0.29) is 18.1 Å². The van der Waals surface area contributed by atoms with Gasteiger partial charge in [0.2, 0.25) is 0 Å². The molecule has 0 N–H and O–H groups in total. The van der Waals surface area contributed by atoms with Gasteiger partial charge in [0.25, 0.3) is 5.91 Å². The average molecular weight is 392 g/mol. The SMILES string of the molecule is O=C1CC2(CCN(C(=O)c3cnccn3)CC2)Oc2c(Cl)cc(Cl)cc21. The van der Waals surface area contributed by atoms with E-state index in [1.165, 1.54) is 18.6 Å². The maximum atomic E-state index is 12.6. The van der Waals surface area contributed by atoms with Crippen molar-refractivity contribution in [1.82, 2.24) is 14.9 Å². The second kappa shape index (κ2) is 6.52. The summed E-state index contributed by atoms with van der Waals surface area (Å²) in [6.07, 6.45) is 5.81. The van der Waals surface area contributed by atoms with Crippen LogP contribution in [0, 0.1) is 0 Å². The third kappa shape index (κ3) is 3.04. The largest absolute Gasteiger partial charge is 0.484 e. The molecule has 1 amide bonds. The van der Waals surface area contributed by atoms with Gasteiger partial charge >= 0.3 is 0 Å². The lowest BCUT2D eigenvalue weighted by Crippen LogP contribution is -2.52. The van der Waals surface area contributed by atoms with E-state index in [0.717, 1.165) is 0 Å². The molecule has 1 spiro atoms. The number of likely N-dealkylation sites (tertiary alicyclic amines) is 1. The summed E-state index contributed by atoms with van der Waals surface area (Å²) >= 11 is 12.2. The molecule has 0 atom stereocenters. The Hall–Kier alpha value is -2.18. The molecule has 1 aromatic carbocycles. The van der Waals surface area contributed by atoms with Gasteiger partial charge in [0.15, 0.2) is 5.78 Å². The number of rotatable bonds is 1. The fourth-order valence-electron chi connectivity index (χ4n) is 3.48. The topological polar surface area (TPSA) is 72.4 Å². The third-order valence-corrected chi connectivity index (χ3v) is 5.35. The molecule has 0 radical (unpaired) electrons. The molecule has 8 heteroatoms. The van der Waals surface area contributed by atoms with Crippen LogP contribution in [0.5, 0.6) is 5.75 Å². The molecular weight excluding hydrogens is 377 g/mol. The van der Waals surface area contributed by atoms with Crippen LogP contribution in [0.15, 0.2) is 30.7 Å². The zero-order valence-corrected chi connectivity index (χ0v) is 15.3. The fourth-order valence-corrected chi connectivity index (χ4v) is 4.01. The van der Waals surface area contributed by atoms with Crippen LogP contribution in [0.1, 0.15) is 40.1 Å². The monoisotopic (exact) mass is 391 g/mol. The van der Waals surface area contributed by atoms with Crippen molar-refractivity contribution in [2.75, 3.05) is 13.1 Å². The Morgan fingerprint density at radius 3 is 2.65 bits per heavy atom. The van der Waals surface area contributed by atoms with Crippen molar-refractivity contribution in [2.45, 2.75) is 24.9 Å². The van der Waals surface area contributed by atoms with E-state index in [1.807, 2.05) is 0 Å². The maximum Gasteiger partial charge on any atom is 0.274 e. The van der Waals surface area contributed by atoms with Crippen LogP contribution in [0.3, 0.4) is 0 Å². The quantitative estimate of drug-likeness (QED) is 0.744. The second-order valence-corrected chi connectivity index (χ2v) is 7.38. The number of ether oxygens (including phenoxy) is 1. The van der Waals surface area contributed by atoms with Gasteiger partial charge in [-0.05, 0) is 12.1 Å². The molecule has 4 rings (SSSR count). The van der Waals surface area contributed by atoms with Gasteiger partial charge in [-0.1, -0.05) is 23.2 Å². The van der Waals surface area contributed by atoms with E-state index in [9.17, 15) is 9.59 Å². The van der Waals surface area contributed by atoms with E-state index >= 15 is 0 Å². The van der Waals surface area contributed by atoms with E-state index in [1.54, 1.807) is 17.0 Å². The van der Waals surface area contributed by atoms with Gasteiger partial charge in [0.1, 0.15) is 17.0 Å². The lowest BCUT2D eigenvalue weighted by molar-refractivity contribution is -0.00580. The maximum absolute atomic E-state index is 12.6. The van der Waals surface area contributed by atoms with Gasteiger partial charge in [-0.3, -0.25) is 14.6 Å². The smallest absolute Gasteiger partial charge is 0.274 e. The Bertz CT molecular complexity index is 881. The molecule has 0 saturated carbocycles. The number of hydrogen-bond acceptors (Lipinski definition) is 5. The number of benzene rings is 1. The van der Waals surface area contributed by atoms with E-state index in [2.05, 4.69) is 9.97 Å². The highest BCUT2D eigenvalue weighted by Gasteiger charge is 2.44. The summed E-state index contributed by atoms with van der Waals surface area (Å²) in [6, 6.07) is 3.16. The summed E-state index contributed by atoms with van der Waals surface area (Å²) in [5, 5.41) is 0.740. The molecule has 0 bridgehead atoms. The van der Waals surface area contributed by atoms with E-state index < -0.39 is 5.60 Å². The standard InChI is InChI=1S/C18H15Cl2N3O3/c19-11-7-12-15(24)9-18(26-16(12)13(20)8-11)1-5-23(6-2-18)17(25)14-10-21-3-4-22-14/h3-4,7-8,10H,1-2,5-6,9H2. The molecule has 1 aromatic heterocycles. The number of ketones is 1. The summed E-state index contributed by atoms with van der Waals surface area (Å²) in [5.74, 6) is 0.186. The van der Waals surface area contributed by atoms with Crippen LogP contribution in [0.25, 0.3) is 0 Å². The molecular formula is C18H15Cl2N3O3. The minimum Gasteiger partial charge on any atom is -0.484 e. The van der Waals surface area contributed by atoms with E-state index in [0.29, 0.717) is 53.0 Å². The predicted octanol–water partition coefficient (Wildman–Crippen LogP) is 3.42. The lowest BCUT2D eigenvalue weighted by Gasteiger charge is -2.44. The number of carbonyl (C=O) groups excluding carboxylic acids is 2. The van der Waals surface area contributed by atoms with Crippen LogP contribution < -0.4 is 4.74 Å². The first-order valence-corrected chi connectivity index (χ1v) is 9.00. The van der Waals surface area contributed by atoms with Crippen molar-refractivity contribution < 1.29 is 14.3 Å². The summed E-state index contributed by atoms with van der Waals surface area (Å²) in [7, 11) is 0. The molecule has 26 heavy (non-hydrogen) atoms. The molecule has 0 aliphatic carbocycles. The Labute approximate surface area is 160 Å². The van der Waals surface area contributed by atoms with Crippen LogP contribution in [-0.2, 0) is 0 Å². The fraction of sp³-hybridized carbons (Fsp3) is 0.333. The number of hydrogen-bond donors (Lipinski definition) is 0. The molecule has 2 aliphatic rings. The van der Waals surface area contributed by atoms with Gasteiger partial charge in [-0.2, -0.15) is 0 Å². The zero-order valence-electron chi connectivity index (χ0n) is 13.7. The number of amides is 1. The second-order valence-electron chi connectivity index (χ2n) is 6.53. The van der Waals surface area contributed by atoms with Crippen molar-refractivity contribution in [3.8, 4) is 5.75 Å². The van der Waals surface area contributed by atoms with Crippen molar-refractivity contribution in [1.29, 1.82) is 0 Å². The number of nitrogens with zero attached hydrogens (tertiary/aromatic N) is 3. The number of aromatic nitrogens is 2. The first kappa shape index (κ1) is 17.2. The van der Waals surface area contributed by atoms with Crippen LogP contribution in [0.4, 0.5) is 0 Å². The lowest BCUT2D eigenvalue weighted by atomic mass is 9.82. The first-order chi connectivity index (χ1) is 12.5. The van der Waals surface area contributed by atoms with Crippen molar-refractivity contribution in [3.05, 3.63) is 52.0 Å². The minimum absolute atomic E-state index is 0.0376. The highest BCUT2D eigenvalue weighted by Crippen LogP contribution is 2.44. The average Bonchev–Trinajstić information content (AvgIpc) is 2.64. The van der Waals surface area contributed by atoms with Crippen LogP contribution >= 0.6 is 23.2 Å². The molecule has 1 saturated heterocycles. The molecule has 6 nitrogen and oxygen atoms in total. The van der Waals surface area contributed by atoms with Gasteiger partial charge in [0.05, 0.1) is 23.2 Å². The highest BCUT2D eigenvalue weighted by atomic mass is 35.5. The number of fused-ring (bicyclic) bond motifs is 1. The summed E-state index contributed by atoms with van der Waals surface area (Å²) < 4.78 is 6.17. The normalized spacial score (nSPS) is 18.4. The summed E-state index contributed by atoms with van der Waals surface area (Å²) in [4.78, 5) is 34.8. The predicted molar refractivity (Wildman–Crippen MR) is 95.9 cm³/mol. The number of Topliss-reactive ketones (excluding diaryl/α,β-unsaturated/α-hetero) is 1. The van der Waals surface area contributed by atoms with Crippen molar-refractivity contribution in [3.63, 3.8) is 0 Å². The van der Waals surface area contributed by atoms with Gasteiger partial charge in [-0.25, -0.2) is 4.98 Å². The van der Waals surface area contributed by atoms with Crippen molar-refractivity contribution >= 4 is 34.9 Å². The Kier molecular flexibility index (Phi) is 4.32. The Balaban J connectivity index is 1.52. The molecule has 1 fully saturated rings. The molecule has 2 aliphatic heterocycles. The van der Waals surface area contributed by atoms with Crippen LogP contribution in [0.2, 0.25) is 10.0 Å². The Morgan fingerprint density at radius 1 is 1.19 bits per heavy atom. The number of carbonyl (C=O) groups is 2. The van der Waals surface area contributed by atoms with Crippen molar-refractivity contribution in [2.24, 2.45) is 0 Å². The zero-order chi connectivity index (χ0) is 18.3. The summed E-state index contributed by atoms with van der Waals surface area (Å²) in [5.41, 5.74) is 0.0964. The first-order valence-electron chi connectivity index (χ1n) is 8.24. The van der Waals surface area contributed by atoms with Crippen LogP contribution in [-0.4, -0.2) is 45.2 Å². The van der Waals surface area contributed by atoms with Gasteiger partial charge < -0.3 is 9.64 Å². The van der Waals surface area contributed by atoms with E-state index in [4.69, 9.17) is 27.9 Å². The molecule has 134 valence electrons.